The zero-order valence-corrected chi connectivity index (χ0v) is 26.0. The standard InChI is InChI=1S/C28H52N4O5S/c1-11-18(6)24(31(8)28(35)23(16(2)3)30-27(34)17(4)5)21(36-9)15-22(33)32-14-12-13-20(32)25(37-10)19(7)26(29)38/h16-21,23-25H,11-15H2,1-10H3,(H2,29,38)(H,30,34). The molecule has 0 aromatic rings. The van der Waals surface area contributed by atoms with Gasteiger partial charge in [-0.2, -0.15) is 0 Å². The Morgan fingerprint density at radius 1 is 1.11 bits per heavy atom. The summed E-state index contributed by atoms with van der Waals surface area (Å²) in [6.07, 6.45) is 1.80. The minimum Gasteiger partial charge on any atom is -0.393 e. The highest BCUT2D eigenvalue weighted by Crippen LogP contribution is 2.29. The van der Waals surface area contributed by atoms with Gasteiger partial charge in [0.1, 0.15) is 6.04 Å². The van der Waals surface area contributed by atoms with Crippen molar-refractivity contribution < 1.29 is 23.9 Å². The van der Waals surface area contributed by atoms with Crippen molar-refractivity contribution in [2.24, 2.45) is 29.4 Å². The Labute approximate surface area is 235 Å². The van der Waals surface area contributed by atoms with Crippen LogP contribution in [0, 0.1) is 23.7 Å². The average Bonchev–Trinajstić information content (AvgIpc) is 3.35. The first-order valence-electron chi connectivity index (χ1n) is 13.9. The van der Waals surface area contributed by atoms with Crippen LogP contribution in [0.25, 0.3) is 0 Å². The van der Waals surface area contributed by atoms with E-state index in [1.807, 2.05) is 25.7 Å². The van der Waals surface area contributed by atoms with Gasteiger partial charge in [0.25, 0.3) is 0 Å². The number of nitrogens with two attached hydrogens (primary N) is 1. The molecule has 1 aliphatic heterocycles. The second-order valence-electron chi connectivity index (χ2n) is 11.4. The molecule has 3 amide bonds. The third-order valence-electron chi connectivity index (χ3n) is 8.05. The molecule has 1 fully saturated rings. The number of nitrogens with one attached hydrogen (secondary N) is 1. The number of rotatable bonds is 15. The first-order chi connectivity index (χ1) is 17.7. The van der Waals surface area contributed by atoms with Crippen LogP contribution in [-0.2, 0) is 23.9 Å². The molecular formula is C28H52N4O5S. The van der Waals surface area contributed by atoms with E-state index in [1.54, 1.807) is 40.0 Å². The first kappa shape index (κ1) is 34.2. The molecule has 0 aromatic heterocycles. The Bertz CT molecular complexity index is 808. The van der Waals surface area contributed by atoms with Gasteiger partial charge in [0.2, 0.25) is 17.7 Å². The minimum absolute atomic E-state index is 0.0424. The number of thiocarbonyl (C=S) groups is 1. The Morgan fingerprint density at radius 2 is 1.71 bits per heavy atom. The molecule has 0 spiro atoms. The van der Waals surface area contributed by atoms with Crippen molar-refractivity contribution >= 4 is 34.9 Å². The Balaban J connectivity index is 3.21. The molecule has 3 N–H and O–H groups in total. The van der Waals surface area contributed by atoms with Crippen molar-refractivity contribution in [3.63, 3.8) is 0 Å². The molecule has 10 heteroatoms. The zero-order valence-electron chi connectivity index (χ0n) is 25.2. The largest absolute Gasteiger partial charge is 0.393 e. The summed E-state index contributed by atoms with van der Waals surface area (Å²) in [5, 5.41) is 2.91. The number of amides is 3. The molecule has 38 heavy (non-hydrogen) atoms. The maximum atomic E-state index is 13.7. The molecule has 7 atom stereocenters. The highest BCUT2D eigenvalue weighted by molar-refractivity contribution is 7.80. The summed E-state index contributed by atoms with van der Waals surface area (Å²) in [6.45, 7) is 14.1. The van der Waals surface area contributed by atoms with E-state index in [0.717, 1.165) is 19.3 Å². The molecule has 1 rings (SSSR count). The smallest absolute Gasteiger partial charge is 0.245 e. The van der Waals surface area contributed by atoms with Gasteiger partial charge in [-0.15, -0.1) is 0 Å². The summed E-state index contributed by atoms with van der Waals surface area (Å²) in [5.41, 5.74) is 5.91. The fraction of sp³-hybridized carbons (Fsp3) is 0.857. The van der Waals surface area contributed by atoms with Gasteiger partial charge in [0, 0.05) is 39.6 Å². The Kier molecular flexibility index (Phi) is 14.2. The van der Waals surface area contributed by atoms with Gasteiger partial charge in [-0.3, -0.25) is 14.4 Å². The quantitative estimate of drug-likeness (QED) is 0.298. The van der Waals surface area contributed by atoms with E-state index in [4.69, 9.17) is 27.4 Å². The molecule has 0 bridgehead atoms. The summed E-state index contributed by atoms with van der Waals surface area (Å²) in [7, 11) is 4.96. The maximum Gasteiger partial charge on any atom is 0.245 e. The molecule has 9 nitrogen and oxygen atoms in total. The Hall–Kier alpha value is -1.78. The summed E-state index contributed by atoms with van der Waals surface area (Å²) in [5.74, 6) is -0.826. The van der Waals surface area contributed by atoms with Crippen LogP contribution >= 0.6 is 12.2 Å². The van der Waals surface area contributed by atoms with Gasteiger partial charge in [0.15, 0.2) is 0 Å². The molecule has 1 saturated heterocycles. The average molecular weight is 557 g/mol. The fourth-order valence-electron chi connectivity index (χ4n) is 5.37. The molecule has 0 saturated carbocycles. The monoisotopic (exact) mass is 556 g/mol. The molecule has 7 unspecified atom stereocenters. The second kappa shape index (κ2) is 15.7. The highest BCUT2D eigenvalue weighted by Gasteiger charge is 2.42. The predicted octanol–water partition coefficient (Wildman–Crippen LogP) is 2.99. The van der Waals surface area contributed by atoms with Gasteiger partial charge < -0.3 is 30.3 Å². The lowest BCUT2D eigenvalue weighted by atomic mass is 9.89. The van der Waals surface area contributed by atoms with Crippen molar-refractivity contribution in [3.05, 3.63) is 0 Å². The van der Waals surface area contributed by atoms with Gasteiger partial charge >= 0.3 is 0 Å². The first-order valence-corrected chi connectivity index (χ1v) is 14.3. The number of ether oxygens (including phenoxy) is 2. The lowest BCUT2D eigenvalue weighted by molar-refractivity contribution is -0.147. The van der Waals surface area contributed by atoms with E-state index < -0.39 is 12.1 Å². The predicted molar refractivity (Wildman–Crippen MR) is 155 cm³/mol. The number of methoxy groups -OCH3 is 2. The van der Waals surface area contributed by atoms with E-state index in [0.29, 0.717) is 11.5 Å². The van der Waals surface area contributed by atoms with Crippen molar-refractivity contribution in [1.82, 2.24) is 15.1 Å². The van der Waals surface area contributed by atoms with E-state index >= 15 is 0 Å². The van der Waals surface area contributed by atoms with Crippen LogP contribution in [0.4, 0.5) is 0 Å². The van der Waals surface area contributed by atoms with Gasteiger partial charge in [0.05, 0.1) is 35.7 Å². The van der Waals surface area contributed by atoms with Crippen molar-refractivity contribution in [3.8, 4) is 0 Å². The number of likely N-dealkylation sites (N-methyl/N-ethyl adjacent to an activating group) is 1. The van der Waals surface area contributed by atoms with Crippen molar-refractivity contribution in [1.29, 1.82) is 0 Å². The molecule has 0 radical (unpaired) electrons. The second-order valence-corrected chi connectivity index (χ2v) is 11.8. The summed E-state index contributed by atoms with van der Waals surface area (Å²) < 4.78 is 11.7. The van der Waals surface area contributed by atoms with E-state index in [2.05, 4.69) is 19.2 Å². The molecule has 1 heterocycles. The number of likely N-dealkylation sites (tertiary alicyclic amines) is 1. The highest BCUT2D eigenvalue weighted by atomic mass is 32.1. The molecule has 220 valence electrons. The number of hydrogen-bond donors (Lipinski definition) is 2. The zero-order chi connectivity index (χ0) is 29.3. The van der Waals surface area contributed by atoms with Crippen molar-refractivity contribution in [2.75, 3.05) is 27.8 Å². The number of nitrogens with zero attached hydrogens (tertiary/aromatic N) is 2. The lowest BCUT2D eigenvalue weighted by Gasteiger charge is -2.41. The third kappa shape index (κ3) is 8.61. The van der Waals surface area contributed by atoms with E-state index in [9.17, 15) is 14.4 Å². The van der Waals surface area contributed by atoms with Crippen LogP contribution in [-0.4, -0.2) is 90.7 Å². The van der Waals surface area contributed by atoms with Crippen LogP contribution < -0.4 is 11.1 Å². The van der Waals surface area contributed by atoms with Crippen LogP contribution in [0.15, 0.2) is 0 Å². The third-order valence-corrected chi connectivity index (χ3v) is 8.42. The summed E-state index contributed by atoms with van der Waals surface area (Å²) in [4.78, 5) is 43.7. The Morgan fingerprint density at radius 3 is 2.16 bits per heavy atom. The van der Waals surface area contributed by atoms with Crippen LogP contribution in [0.2, 0.25) is 0 Å². The summed E-state index contributed by atoms with van der Waals surface area (Å²) in [6, 6.07) is -1.14. The van der Waals surface area contributed by atoms with E-state index in [1.165, 1.54) is 0 Å². The number of carbonyl (C=O) groups excluding carboxylic acids is 3. The van der Waals surface area contributed by atoms with Crippen LogP contribution in [0.1, 0.15) is 74.1 Å². The van der Waals surface area contributed by atoms with Crippen LogP contribution in [0.5, 0.6) is 0 Å². The number of carbonyl (C=O) groups is 3. The lowest BCUT2D eigenvalue weighted by Crippen LogP contribution is -2.58. The van der Waals surface area contributed by atoms with Gasteiger partial charge in [-0.25, -0.2) is 0 Å². The SMILES string of the molecule is CCC(C)C(C(CC(=O)N1CCCC1C(OC)C(C)C(N)=S)OC)N(C)C(=O)C(NC(=O)C(C)C)C(C)C. The summed E-state index contributed by atoms with van der Waals surface area (Å²) >= 11 is 5.21. The minimum atomic E-state index is -0.665. The topological polar surface area (TPSA) is 114 Å². The fourth-order valence-corrected chi connectivity index (χ4v) is 5.51. The van der Waals surface area contributed by atoms with Crippen molar-refractivity contribution in [2.45, 2.75) is 104 Å². The van der Waals surface area contributed by atoms with E-state index in [-0.39, 0.29) is 66.0 Å². The van der Waals surface area contributed by atoms with Crippen LogP contribution in [0.3, 0.4) is 0 Å². The maximum absolute atomic E-state index is 13.7. The molecule has 0 aromatic carbocycles. The van der Waals surface area contributed by atoms with Gasteiger partial charge in [-0.05, 0) is 24.7 Å². The normalized spacial score (nSPS) is 20.5. The molecule has 0 aliphatic carbocycles. The molecule has 1 aliphatic rings. The number of hydrogen-bond acceptors (Lipinski definition) is 6. The van der Waals surface area contributed by atoms with Gasteiger partial charge in [-0.1, -0.05) is 67.1 Å². The molecular weight excluding hydrogens is 504 g/mol.